The average Bonchev–Trinajstić information content (AvgIpc) is 3.38. The number of amides is 2. The van der Waals surface area contributed by atoms with E-state index >= 15 is 0 Å². The van der Waals surface area contributed by atoms with Crippen molar-refractivity contribution in [2.75, 3.05) is 54.1 Å². The molecule has 1 saturated heterocycles. The molecule has 182 valence electrons. The van der Waals surface area contributed by atoms with E-state index in [0.717, 1.165) is 18.8 Å². The van der Waals surface area contributed by atoms with E-state index in [1.165, 1.54) is 6.26 Å². The van der Waals surface area contributed by atoms with E-state index in [9.17, 15) is 9.59 Å². The predicted octanol–water partition coefficient (Wildman–Crippen LogP) is 4.26. The molecule has 0 radical (unpaired) electrons. The van der Waals surface area contributed by atoms with Crippen LogP contribution in [0, 0.1) is 0 Å². The molecule has 4 N–H and O–H groups in total. The zero-order valence-electron chi connectivity index (χ0n) is 18.7. The van der Waals surface area contributed by atoms with Gasteiger partial charge in [-0.05, 0) is 66.8 Å². The summed E-state index contributed by atoms with van der Waals surface area (Å²) in [6, 6.07) is 15.5. The molecule has 1 aromatic heterocycles. The van der Waals surface area contributed by atoms with Gasteiger partial charge < -0.3 is 30.4 Å². The van der Waals surface area contributed by atoms with Crippen LogP contribution in [-0.4, -0.2) is 54.7 Å². The predicted molar refractivity (Wildman–Crippen MR) is 140 cm³/mol. The van der Waals surface area contributed by atoms with Crippen molar-refractivity contribution in [3.63, 3.8) is 0 Å². The van der Waals surface area contributed by atoms with Crippen molar-refractivity contribution in [3.05, 3.63) is 71.6 Å². The smallest absolute Gasteiger partial charge is 0.291 e. The van der Waals surface area contributed by atoms with E-state index in [0.29, 0.717) is 47.0 Å². The van der Waals surface area contributed by atoms with E-state index in [-0.39, 0.29) is 17.6 Å². The molecule has 11 heteroatoms. The van der Waals surface area contributed by atoms with Gasteiger partial charge in [0.05, 0.1) is 36.7 Å². The van der Waals surface area contributed by atoms with Gasteiger partial charge in [0.25, 0.3) is 5.91 Å². The second-order valence-corrected chi connectivity index (χ2v) is 8.53. The van der Waals surface area contributed by atoms with Gasteiger partial charge in [0.2, 0.25) is 5.91 Å². The number of ether oxygens (including phenoxy) is 1. The zero-order valence-corrected chi connectivity index (χ0v) is 20.2. The lowest BCUT2D eigenvalue weighted by Gasteiger charge is -2.25. The molecule has 0 saturated carbocycles. The van der Waals surface area contributed by atoms with Crippen molar-refractivity contribution >= 4 is 63.5 Å². The number of benzene rings is 2. The van der Waals surface area contributed by atoms with Gasteiger partial charge in [-0.2, -0.15) is 0 Å². The summed E-state index contributed by atoms with van der Waals surface area (Å²) in [7, 11) is 0. The third-order valence-electron chi connectivity index (χ3n) is 5.12. The summed E-state index contributed by atoms with van der Waals surface area (Å²) >= 11 is 11.7. The van der Waals surface area contributed by atoms with E-state index in [2.05, 4.69) is 21.3 Å². The Morgan fingerprint density at radius 1 is 0.914 bits per heavy atom. The number of halogens is 1. The van der Waals surface area contributed by atoms with Gasteiger partial charge in [0.15, 0.2) is 10.9 Å². The van der Waals surface area contributed by atoms with Crippen LogP contribution in [0.15, 0.2) is 65.3 Å². The Hall–Kier alpha value is -3.44. The first kappa shape index (κ1) is 24.7. The number of carbonyl (C=O) groups is 2. The maximum Gasteiger partial charge on any atom is 0.291 e. The molecule has 2 aromatic carbocycles. The van der Waals surface area contributed by atoms with Crippen LogP contribution >= 0.6 is 23.8 Å². The molecule has 0 aliphatic carbocycles. The fraction of sp³-hybridized carbons (Fsp3) is 0.208. The van der Waals surface area contributed by atoms with Gasteiger partial charge in [-0.3, -0.25) is 14.5 Å². The number of furan rings is 1. The number of carbonyl (C=O) groups excluding carboxylic acids is 2. The molecule has 1 aliphatic heterocycles. The largest absolute Gasteiger partial charge is 0.459 e. The van der Waals surface area contributed by atoms with Crippen LogP contribution in [0.5, 0.6) is 0 Å². The second kappa shape index (κ2) is 11.8. The number of nitrogens with one attached hydrogen (secondary N) is 4. The van der Waals surface area contributed by atoms with Gasteiger partial charge in [-0.1, -0.05) is 11.6 Å². The summed E-state index contributed by atoms with van der Waals surface area (Å²) in [6.45, 7) is 3.02. The van der Waals surface area contributed by atoms with Crippen molar-refractivity contribution in [1.82, 2.24) is 4.90 Å². The number of rotatable bonds is 7. The van der Waals surface area contributed by atoms with Crippen molar-refractivity contribution in [1.29, 1.82) is 0 Å². The Labute approximate surface area is 212 Å². The Morgan fingerprint density at radius 3 is 2.23 bits per heavy atom. The third-order valence-corrected chi connectivity index (χ3v) is 5.63. The van der Waals surface area contributed by atoms with Crippen LogP contribution in [0.2, 0.25) is 5.02 Å². The molecule has 35 heavy (non-hydrogen) atoms. The molecule has 0 bridgehead atoms. The maximum atomic E-state index is 12.3. The Balaban J connectivity index is 1.26. The fourth-order valence-electron chi connectivity index (χ4n) is 3.38. The molecule has 2 amide bonds. The molecule has 3 aromatic rings. The Kier molecular flexibility index (Phi) is 8.32. The number of hydrogen-bond donors (Lipinski definition) is 4. The highest BCUT2D eigenvalue weighted by molar-refractivity contribution is 7.80. The highest BCUT2D eigenvalue weighted by Gasteiger charge is 2.15. The van der Waals surface area contributed by atoms with Crippen molar-refractivity contribution < 1.29 is 18.7 Å². The number of thiocarbonyl (C=S) groups is 1. The fourth-order valence-corrected chi connectivity index (χ4v) is 3.84. The number of morpholine rings is 1. The lowest BCUT2D eigenvalue weighted by atomic mass is 10.2. The number of hydrogen-bond acceptors (Lipinski definition) is 6. The molecule has 0 spiro atoms. The minimum Gasteiger partial charge on any atom is -0.459 e. The molecular formula is C24H24ClN5O4S. The summed E-state index contributed by atoms with van der Waals surface area (Å²) in [5, 5.41) is 12.5. The van der Waals surface area contributed by atoms with Crippen molar-refractivity contribution in [2.24, 2.45) is 0 Å². The van der Waals surface area contributed by atoms with E-state index < -0.39 is 0 Å². The lowest BCUT2D eigenvalue weighted by Crippen LogP contribution is -2.41. The van der Waals surface area contributed by atoms with Crippen molar-refractivity contribution in [3.8, 4) is 0 Å². The standard InChI is InChI=1S/C24H24ClN5O4S/c25-19-14-18(7-8-20(19)29-22(31)15-30-9-12-33-13-10-30)28-24(35)27-17-5-3-16(4-6-17)26-23(32)21-2-1-11-34-21/h1-8,11,14H,9-10,12-13,15H2,(H,26,32)(H,29,31)(H2,27,28,35). The second-order valence-electron chi connectivity index (χ2n) is 7.72. The Bertz CT molecular complexity index is 1180. The molecule has 4 rings (SSSR count). The van der Waals surface area contributed by atoms with Crippen LogP contribution in [0.4, 0.5) is 22.7 Å². The first-order chi connectivity index (χ1) is 17.0. The summed E-state index contributed by atoms with van der Waals surface area (Å²) in [5.74, 6) is -0.222. The molecular weight excluding hydrogens is 490 g/mol. The summed E-state index contributed by atoms with van der Waals surface area (Å²) in [5.41, 5.74) is 2.55. The van der Waals surface area contributed by atoms with Crippen LogP contribution < -0.4 is 21.3 Å². The molecule has 0 atom stereocenters. The van der Waals surface area contributed by atoms with Gasteiger partial charge in [-0.15, -0.1) is 0 Å². The lowest BCUT2D eigenvalue weighted by molar-refractivity contribution is -0.118. The first-order valence-electron chi connectivity index (χ1n) is 10.9. The molecule has 0 unspecified atom stereocenters. The van der Waals surface area contributed by atoms with E-state index in [1.807, 2.05) is 4.90 Å². The SMILES string of the molecule is O=C(CN1CCOCC1)Nc1ccc(NC(=S)Nc2ccc(NC(=O)c3ccco3)cc2)cc1Cl. The third kappa shape index (κ3) is 7.27. The minimum atomic E-state index is -0.328. The highest BCUT2D eigenvalue weighted by Crippen LogP contribution is 2.26. The van der Waals surface area contributed by atoms with Gasteiger partial charge in [-0.25, -0.2) is 0 Å². The topological polar surface area (TPSA) is 108 Å². The summed E-state index contributed by atoms with van der Waals surface area (Å²) in [4.78, 5) is 26.4. The maximum absolute atomic E-state index is 12.3. The van der Waals surface area contributed by atoms with Gasteiger partial charge >= 0.3 is 0 Å². The van der Waals surface area contributed by atoms with E-state index in [4.69, 9.17) is 33.0 Å². The normalized spacial score (nSPS) is 13.6. The molecule has 9 nitrogen and oxygen atoms in total. The summed E-state index contributed by atoms with van der Waals surface area (Å²) in [6.07, 6.45) is 1.44. The van der Waals surface area contributed by atoms with Crippen LogP contribution in [0.3, 0.4) is 0 Å². The van der Waals surface area contributed by atoms with Crippen LogP contribution in [0.25, 0.3) is 0 Å². The minimum absolute atomic E-state index is 0.129. The first-order valence-corrected chi connectivity index (χ1v) is 11.7. The van der Waals surface area contributed by atoms with Crippen molar-refractivity contribution in [2.45, 2.75) is 0 Å². The van der Waals surface area contributed by atoms with E-state index in [1.54, 1.807) is 54.6 Å². The molecule has 2 heterocycles. The van der Waals surface area contributed by atoms with Crippen LogP contribution in [0.1, 0.15) is 10.6 Å². The molecule has 1 fully saturated rings. The Morgan fingerprint density at radius 2 is 1.57 bits per heavy atom. The van der Waals surface area contributed by atoms with Gasteiger partial charge in [0.1, 0.15) is 0 Å². The summed E-state index contributed by atoms with van der Waals surface area (Å²) < 4.78 is 10.4. The average molecular weight is 514 g/mol. The number of anilines is 4. The quantitative estimate of drug-likeness (QED) is 0.347. The van der Waals surface area contributed by atoms with Gasteiger partial charge in [0, 0.05) is 30.2 Å². The highest BCUT2D eigenvalue weighted by atomic mass is 35.5. The number of nitrogens with zero attached hydrogens (tertiary/aromatic N) is 1. The zero-order chi connectivity index (χ0) is 24.6. The monoisotopic (exact) mass is 513 g/mol. The van der Waals surface area contributed by atoms with Crippen LogP contribution in [-0.2, 0) is 9.53 Å². The molecule has 1 aliphatic rings.